The van der Waals surface area contributed by atoms with Gasteiger partial charge in [0.2, 0.25) is 0 Å². The Bertz CT molecular complexity index is 1080. The van der Waals surface area contributed by atoms with Crippen molar-refractivity contribution in [2.24, 2.45) is 23.7 Å². The molecule has 0 unspecified atom stereocenters. The van der Waals surface area contributed by atoms with E-state index in [0.717, 1.165) is 36.8 Å². The third-order valence-corrected chi connectivity index (χ3v) is 8.23. The minimum Gasteiger partial charge on any atom is -0.511 e. The first-order valence-electron chi connectivity index (χ1n) is 10.7. The predicted molar refractivity (Wildman–Crippen MR) is 118 cm³/mol. The molecule has 2 aromatic carbocycles. The zero-order chi connectivity index (χ0) is 21.2. The van der Waals surface area contributed by atoms with Crippen LogP contribution in [0, 0.1) is 29.5 Å². The fraction of sp³-hybridized carbons (Fsp3) is 0.400. The minimum atomic E-state index is -0.581. The number of aliphatic hydroxyl groups excluding tert-OH is 1. The van der Waals surface area contributed by atoms with E-state index in [-0.39, 0.29) is 33.4 Å². The Balaban J connectivity index is 1.65. The average Bonchev–Trinajstić information content (AvgIpc) is 3.05. The van der Waals surface area contributed by atoms with E-state index in [0.29, 0.717) is 35.0 Å². The van der Waals surface area contributed by atoms with Gasteiger partial charge in [-0.25, -0.2) is 4.39 Å². The van der Waals surface area contributed by atoms with Crippen molar-refractivity contribution < 1.29 is 14.3 Å². The first-order valence-corrected chi connectivity index (χ1v) is 11.4. The summed E-state index contributed by atoms with van der Waals surface area (Å²) in [4.78, 5) is 13.5. The van der Waals surface area contributed by atoms with Crippen LogP contribution in [0.3, 0.4) is 0 Å². The summed E-state index contributed by atoms with van der Waals surface area (Å²) < 4.78 is 14.8. The van der Waals surface area contributed by atoms with Gasteiger partial charge in [0, 0.05) is 17.4 Å². The highest BCUT2D eigenvalue weighted by Crippen LogP contribution is 2.57. The van der Waals surface area contributed by atoms with Gasteiger partial charge in [0.05, 0.1) is 15.6 Å². The molecule has 3 saturated carbocycles. The van der Waals surface area contributed by atoms with Crippen molar-refractivity contribution in [1.29, 1.82) is 0 Å². The monoisotopic (exact) mass is 444 g/mol. The molecule has 2 bridgehead atoms. The summed E-state index contributed by atoms with van der Waals surface area (Å²) in [6, 6.07) is 8.73. The minimum absolute atomic E-state index is 0.0462. The number of ketones is 1. The maximum absolute atomic E-state index is 14.8. The van der Waals surface area contributed by atoms with Gasteiger partial charge in [-0.1, -0.05) is 42.3 Å². The molecule has 2 aromatic rings. The molecular weight excluding hydrogens is 422 g/mol. The third kappa shape index (κ3) is 2.85. The van der Waals surface area contributed by atoms with E-state index in [1.54, 1.807) is 12.1 Å². The molecule has 2 atom stereocenters. The van der Waals surface area contributed by atoms with Crippen LogP contribution in [0.1, 0.15) is 43.7 Å². The molecule has 5 heteroatoms. The molecule has 2 nitrogen and oxygen atoms in total. The topological polar surface area (TPSA) is 37.3 Å². The Morgan fingerprint density at radius 1 is 1.00 bits per heavy atom. The van der Waals surface area contributed by atoms with Crippen LogP contribution >= 0.6 is 23.2 Å². The van der Waals surface area contributed by atoms with Gasteiger partial charge < -0.3 is 5.11 Å². The lowest BCUT2D eigenvalue weighted by Crippen LogP contribution is -2.41. The number of carbonyl (C=O) groups excluding carboxylic acids is 1. The van der Waals surface area contributed by atoms with Crippen LogP contribution < -0.4 is 0 Å². The highest BCUT2D eigenvalue weighted by atomic mass is 35.5. The molecule has 1 N–H and O–H groups in total. The van der Waals surface area contributed by atoms with Gasteiger partial charge in [-0.2, -0.15) is 0 Å². The lowest BCUT2D eigenvalue weighted by molar-refractivity contribution is -0.123. The Morgan fingerprint density at radius 2 is 1.67 bits per heavy atom. The van der Waals surface area contributed by atoms with Crippen LogP contribution in [-0.4, -0.2) is 10.9 Å². The van der Waals surface area contributed by atoms with Gasteiger partial charge in [-0.15, -0.1) is 0 Å². The van der Waals surface area contributed by atoms with E-state index in [9.17, 15) is 14.3 Å². The Kier molecular flexibility index (Phi) is 4.95. The van der Waals surface area contributed by atoms with E-state index in [4.69, 9.17) is 23.2 Å². The molecule has 4 aliphatic carbocycles. The number of hydrogen-bond donors (Lipinski definition) is 1. The maximum Gasteiger partial charge on any atom is 0.170 e. The number of Topliss-reactive ketones (excluding diaryl/α,β-unsaturated/α-hetero) is 1. The van der Waals surface area contributed by atoms with Crippen molar-refractivity contribution in [1.82, 2.24) is 0 Å². The Labute approximate surface area is 185 Å². The van der Waals surface area contributed by atoms with Crippen LogP contribution in [-0.2, 0) is 11.2 Å². The van der Waals surface area contributed by atoms with E-state index >= 15 is 0 Å². The highest BCUT2D eigenvalue weighted by molar-refractivity contribution is 6.42. The van der Waals surface area contributed by atoms with Crippen LogP contribution in [0.25, 0.3) is 16.7 Å². The van der Waals surface area contributed by atoms with Gasteiger partial charge >= 0.3 is 0 Å². The Hall–Kier alpha value is -1.84. The number of benzene rings is 2. The fourth-order valence-corrected chi connectivity index (χ4v) is 6.30. The molecule has 3 fully saturated rings. The summed E-state index contributed by atoms with van der Waals surface area (Å²) in [6.45, 7) is 2.02. The number of halogens is 3. The number of aliphatic hydroxyl groups is 1. The second-order valence-corrected chi connectivity index (χ2v) is 9.58. The van der Waals surface area contributed by atoms with Crippen LogP contribution in [0.2, 0.25) is 10.0 Å². The van der Waals surface area contributed by atoms with Gasteiger partial charge in [-0.05, 0) is 78.8 Å². The summed E-state index contributed by atoms with van der Waals surface area (Å²) in [5.41, 5.74) is 3.08. The maximum atomic E-state index is 14.8. The lowest BCUT2D eigenvalue weighted by atomic mass is 9.59. The number of rotatable bonds is 3. The van der Waals surface area contributed by atoms with Crippen molar-refractivity contribution in [3.8, 4) is 11.1 Å². The van der Waals surface area contributed by atoms with Crippen molar-refractivity contribution in [3.05, 3.63) is 63.1 Å². The fourth-order valence-electron chi connectivity index (χ4n) is 5.98. The smallest absolute Gasteiger partial charge is 0.170 e. The van der Waals surface area contributed by atoms with E-state index < -0.39 is 5.82 Å². The first-order chi connectivity index (χ1) is 14.4. The number of carbonyl (C=O) groups is 1. The molecule has 4 aliphatic rings. The second-order valence-electron chi connectivity index (χ2n) is 8.80. The number of aryl methyl sites for hydroxylation is 1. The molecular formula is C25H23Cl2FO2. The zero-order valence-electron chi connectivity index (χ0n) is 16.7. The molecule has 0 spiro atoms. The van der Waals surface area contributed by atoms with Crippen molar-refractivity contribution in [2.75, 3.05) is 0 Å². The average molecular weight is 445 g/mol. The van der Waals surface area contributed by atoms with Crippen molar-refractivity contribution in [2.45, 2.75) is 39.0 Å². The number of allylic oxidation sites excluding steroid dienone is 2. The summed E-state index contributed by atoms with van der Waals surface area (Å²) in [5, 5.41) is 11.2. The standard InChI is InChI=1S/C25H23Cl2FO2/c1-2-12-3-8-15(16-9-10-18(26)22(27)23(16)28)11-17(12)21-24(29)19-13-4-5-14(7-6-13)20(19)25(21)30/h3,8-11,13-14,19-20,29H,2,4-7H2,1H3/t13-,14+,19-,20+/m0/s1. The zero-order valence-corrected chi connectivity index (χ0v) is 18.2. The van der Waals surface area contributed by atoms with Crippen LogP contribution in [0.5, 0.6) is 0 Å². The normalized spacial score (nSPS) is 27.7. The van der Waals surface area contributed by atoms with Gasteiger partial charge in [0.1, 0.15) is 5.76 Å². The van der Waals surface area contributed by atoms with E-state index in [2.05, 4.69) is 0 Å². The van der Waals surface area contributed by atoms with Crippen molar-refractivity contribution >= 4 is 34.6 Å². The van der Waals surface area contributed by atoms with Crippen LogP contribution in [0.15, 0.2) is 36.1 Å². The number of hydrogen-bond acceptors (Lipinski definition) is 2. The molecule has 156 valence electrons. The molecule has 0 heterocycles. The van der Waals surface area contributed by atoms with Gasteiger partial charge in [0.15, 0.2) is 11.6 Å². The first kappa shape index (κ1) is 20.1. The SMILES string of the molecule is CCc1ccc(-c2ccc(Cl)c(Cl)c2F)cc1C1=C(O)[C@H]2[C@H]3CC[C@H](CC3)[C@H]2C1=O. The highest BCUT2D eigenvalue weighted by Gasteiger charge is 2.54. The third-order valence-electron chi connectivity index (χ3n) is 7.45. The largest absolute Gasteiger partial charge is 0.511 e. The van der Waals surface area contributed by atoms with E-state index in [1.807, 2.05) is 25.1 Å². The van der Waals surface area contributed by atoms with Crippen molar-refractivity contribution in [3.63, 3.8) is 0 Å². The molecule has 6 rings (SSSR count). The summed E-state index contributed by atoms with van der Waals surface area (Å²) in [7, 11) is 0. The van der Waals surface area contributed by atoms with Gasteiger partial charge in [0.25, 0.3) is 0 Å². The van der Waals surface area contributed by atoms with Gasteiger partial charge in [-0.3, -0.25) is 4.79 Å². The summed E-state index contributed by atoms with van der Waals surface area (Å²) in [6.07, 6.45) is 5.05. The molecule has 0 amide bonds. The molecule has 0 aliphatic heterocycles. The quantitative estimate of drug-likeness (QED) is 0.505. The molecule has 0 radical (unpaired) electrons. The number of fused-ring (bicyclic) bond motifs is 2. The lowest BCUT2D eigenvalue weighted by Gasteiger charge is -2.44. The molecule has 30 heavy (non-hydrogen) atoms. The molecule has 0 aromatic heterocycles. The Morgan fingerprint density at radius 3 is 2.30 bits per heavy atom. The van der Waals surface area contributed by atoms with E-state index in [1.165, 1.54) is 0 Å². The summed E-state index contributed by atoms with van der Waals surface area (Å²) in [5.74, 6) is 0.351. The van der Waals surface area contributed by atoms with Crippen LogP contribution in [0.4, 0.5) is 4.39 Å². The molecule has 0 saturated heterocycles. The summed E-state index contributed by atoms with van der Waals surface area (Å²) >= 11 is 12.0. The second kappa shape index (κ2) is 7.39. The predicted octanol–water partition coefficient (Wildman–Crippen LogP) is 7.27.